The zero-order chi connectivity index (χ0) is 22.7. The Hall–Kier alpha value is -3.09. The Kier molecular flexibility index (Phi) is 6.63. The summed E-state index contributed by atoms with van der Waals surface area (Å²) < 4.78 is 28.1. The van der Waals surface area contributed by atoms with Gasteiger partial charge in [0.05, 0.1) is 19.2 Å². The first kappa shape index (κ1) is 22.1. The van der Waals surface area contributed by atoms with Crippen molar-refractivity contribution in [2.45, 2.75) is 0 Å². The van der Waals surface area contributed by atoms with Crippen LogP contribution in [0.15, 0.2) is 48.5 Å². The summed E-state index contributed by atoms with van der Waals surface area (Å²) in [5.41, 5.74) is 3.83. The number of likely N-dealkylation sites (N-methyl/N-ethyl adjacent to an activating group) is 1. The molecule has 1 aliphatic rings. The Bertz CT molecular complexity index is 1120. The molecule has 0 bridgehead atoms. The summed E-state index contributed by atoms with van der Waals surface area (Å²) in [7, 11) is 7.25. The van der Waals surface area contributed by atoms with E-state index < -0.39 is 0 Å². The highest BCUT2D eigenvalue weighted by atomic mass is 35.5. The summed E-state index contributed by atoms with van der Waals surface area (Å²) in [5, 5.41) is 0.567. The lowest BCUT2D eigenvalue weighted by Gasteiger charge is -2.17. The van der Waals surface area contributed by atoms with Crippen molar-refractivity contribution in [3.8, 4) is 51.0 Å². The van der Waals surface area contributed by atoms with Crippen molar-refractivity contribution in [2.24, 2.45) is 0 Å². The van der Waals surface area contributed by atoms with Crippen molar-refractivity contribution in [1.29, 1.82) is 0 Å². The van der Waals surface area contributed by atoms with Gasteiger partial charge in [0.15, 0.2) is 23.0 Å². The van der Waals surface area contributed by atoms with Gasteiger partial charge in [0.1, 0.15) is 12.4 Å². The van der Waals surface area contributed by atoms with Gasteiger partial charge in [-0.2, -0.15) is 0 Å². The van der Waals surface area contributed by atoms with Crippen LogP contribution in [0.4, 0.5) is 0 Å². The molecular weight excluding hydrogens is 430 g/mol. The molecule has 0 fully saturated rings. The summed E-state index contributed by atoms with van der Waals surface area (Å²) in [6.07, 6.45) is 0. The van der Waals surface area contributed by atoms with Crippen LogP contribution in [-0.2, 0) is 0 Å². The van der Waals surface area contributed by atoms with Gasteiger partial charge in [0, 0.05) is 6.54 Å². The smallest absolute Gasteiger partial charge is 0.231 e. The first-order chi connectivity index (χ1) is 15.5. The Labute approximate surface area is 193 Å². The Morgan fingerprint density at radius 1 is 0.812 bits per heavy atom. The van der Waals surface area contributed by atoms with E-state index in [4.69, 9.17) is 35.3 Å². The van der Waals surface area contributed by atoms with E-state index >= 15 is 0 Å². The number of methoxy groups -OCH3 is 2. The highest BCUT2D eigenvalue weighted by Gasteiger charge is 2.19. The molecule has 32 heavy (non-hydrogen) atoms. The molecule has 168 valence electrons. The lowest BCUT2D eigenvalue weighted by molar-refractivity contribution is 0.174. The van der Waals surface area contributed by atoms with Crippen LogP contribution in [0.2, 0.25) is 5.02 Å². The van der Waals surface area contributed by atoms with Gasteiger partial charge in [-0.3, -0.25) is 0 Å². The predicted molar refractivity (Wildman–Crippen MR) is 126 cm³/mol. The molecule has 7 heteroatoms. The number of benzene rings is 3. The van der Waals surface area contributed by atoms with Crippen molar-refractivity contribution in [3.05, 3.63) is 53.6 Å². The van der Waals surface area contributed by atoms with Crippen LogP contribution in [-0.4, -0.2) is 53.2 Å². The third-order valence-corrected chi connectivity index (χ3v) is 5.56. The SMILES string of the molecule is COc1cc(-c2ccc(Cl)c(OCCN(C)C)c2)c(-c2ccc3c(c2)OCO3)cc1OC. The number of hydrogen-bond donors (Lipinski definition) is 0. The van der Waals surface area contributed by atoms with Crippen molar-refractivity contribution in [3.63, 3.8) is 0 Å². The maximum Gasteiger partial charge on any atom is 0.231 e. The van der Waals surface area contributed by atoms with Crippen LogP contribution < -0.4 is 23.7 Å². The quantitative estimate of drug-likeness (QED) is 0.455. The maximum atomic E-state index is 6.41. The van der Waals surface area contributed by atoms with Gasteiger partial charge in [0.25, 0.3) is 0 Å². The highest BCUT2D eigenvalue weighted by molar-refractivity contribution is 6.32. The molecule has 1 heterocycles. The van der Waals surface area contributed by atoms with E-state index in [1.807, 2.05) is 62.6 Å². The second-order valence-electron chi connectivity index (χ2n) is 7.62. The fraction of sp³-hybridized carbons (Fsp3) is 0.280. The fourth-order valence-corrected chi connectivity index (χ4v) is 3.71. The molecule has 0 saturated heterocycles. The molecule has 1 aliphatic heterocycles. The van der Waals surface area contributed by atoms with Crippen LogP contribution in [0.5, 0.6) is 28.7 Å². The summed E-state index contributed by atoms with van der Waals surface area (Å²) in [5.74, 6) is 3.36. The topological polar surface area (TPSA) is 49.4 Å². The number of ether oxygens (including phenoxy) is 5. The van der Waals surface area contributed by atoms with E-state index in [0.29, 0.717) is 34.6 Å². The second kappa shape index (κ2) is 9.59. The van der Waals surface area contributed by atoms with E-state index in [1.165, 1.54) is 0 Å². The van der Waals surface area contributed by atoms with Crippen LogP contribution in [0.1, 0.15) is 0 Å². The van der Waals surface area contributed by atoms with Crippen LogP contribution in [0, 0.1) is 0 Å². The fourth-order valence-electron chi connectivity index (χ4n) is 3.54. The Balaban J connectivity index is 1.81. The molecule has 4 rings (SSSR count). The molecule has 0 amide bonds. The zero-order valence-corrected chi connectivity index (χ0v) is 19.4. The predicted octanol–water partition coefficient (Wildman–Crippen LogP) is 5.36. The molecule has 0 aliphatic carbocycles. The van der Waals surface area contributed by atoms with Crippen molar-refractivity contribution in [2.75, 3.05) is 48.3 Å². The van der Waals surface area contributed by atoms with E-state index in [9.17, 15) is 0 Å². The van der Waals surface area contributed by atoms with Crippen molar-refractivity contribution in [1.82, 2.24) is 4.90 Å². The molecule has 0 unspecified atom stereocenters. The minimum Gasteiger partial charge on any atom is -0.493 e. The van der Waals surface area contributed by atoms with E-state index in [-0.39, 0.29) is 6.79 Å². The molecule has 3 aromatic rings. The summed E-state index contributed by atoms with van der Waals surface area (Å²) in [4.78, 5) is 2.06. The van der Waals surface area contributed by atoms with Crippen molar-refractivity contribution < 1.29 is 23.7 Å². The highest BCUT2D eigenvalue weighted by Crippen LogP contribution is 2.44. The van der Waals surface area contributed by atoms with Gasteiger partial charge in [-0.15, -0.1) is 0 Å². The van der Waals surface area contributed by atoms with E-state index in [1.54, 1.807) is 14.2 Å². The number of nitrogens with zero attached hydrogens (tertiary/aromatic N) is 1. The van der Waals surface area contributed by atoms with Gasteiger partial charge >= 0.3 is 0 Å². The molecule has 0 spiro atoms. The summed E-state index contributed by atoms with van der Waals surface area (Å²) in [6.45, 7) is 1.55. The van der Waals surface area contributed by atoms with Gasteiger partial charge in [-0.05, 0) is 72.7 Å². The monoisotopic (exact) mass is 455 g/mol. The van der Waals surface area contributed by atoms with Crippen LogP contribution >= 0.6 is 11.6 Å². The third-order valence-electron chi connectivity index (χ3n) is 5.25. The van der Waals surface area contributed by atoms with E-state index in [2.05, 4.69) is 4.90 Å². The summed E-state index contributed by atoms with van der Waals surface area (Å²) >= 11 is 6.41. The molecule has 0 saturated carbocycles. The first-order valence-corrected chi connectivity index (χ1v) is 10.6. The minimum atomic E-state index is 0.225. The molecular formula is C25H26ClNO5. The number of rotatable bonds is 8. The minimum absolute atomic E-state index is 0.225. The largest absolute Gasteiger partial charge is 0.493 e. The van der Waals surface area contributed by atoms with Crippen LogP contribution in [0.3, 0.4) is 0 Å². The summed E-state index contributed by atoms with van der Waals surface area (Å²) in [6, 6.07) is 15.6. The number of halogens is 1. The Morgan fingerprint density at radius 3 is 2.09 bits per heavy atom. The lowest BCUT2D eigenvalue weighted by Crippen LogP contribution is -2.19. The van der Waals surface area contributed by atoms with Crippen LogP contribution in [0.25, 0.3) is 22.3 Å². The van der Waals surface area contributed by atoms with Gasteiger partial charge < -0.3 is 28.6 Å². The van der Waals surface area contributed by atoms with E-state index in [0.717, 1.165) is 34.5 Å². The molecule has 3 aromatic carbocycles. The van der Waals surface area contributed by atoms with Crippen molar-refractivity contribution >= 4 is 11.6 Å². The third kappa shape index (κ3) is 4.56. The lowest BCUT2D eigenvalue weighted by atomic mass is 9.93. The normalized spacial score (nSPS) is 12.2. The molecule has 0 aromatic heterocycles. The molecule has 0 N–H and O–H groups in total. The first-order valence-electron chi connectivity index (χ1n) is 10.2. The number of hydrogen-bond acceptors (Lipinski definition) is 6. The van der Waals surface area contributed by atoms with Gasteiger partial charge in [-0.25, -0.2) is 0 Å². The van der Waals surface area contributed by atoms with Gasteiger partial charge in [0.2, 0.25) is 6.79 Å². The molecule has 0 radical (unpaired) electrons. The average molecular weight is 456 g/mol. The molecule has 6 nitrogen and oxygen atoms in total. The second-order valence-corrected chi connectivity index (χ2v) is 8.02. The Morgan fingerprint density at radius 2 is 1.44 bits per heavy atom. The number of fused-ring (bicyclic) bond motifs is 1. The zero-order valence-electron chi connectivity index (χ0n) is 18.6. The van der Waals surface area contributed by atoms with Gasteiger partial charge in [-0.1, -0.05) is 23.7 Å². The molecule has 0 atom stereocenters. The standard InChI is InChI=1S/C25H26ClNO5/c1-27(2)9-10-30-22-11-16(5-7-20(22)26)18-13-23(28-3)24(29-4)14-19(18)17-6-8-21-25(12-17)32-15-31-21/h5-8,11-14H,9-10,15H2,1-4H3. The maximum absolute atomic E-state index is 6.41. The average Bonchev–Trinajstić information content (AvgIpc) is 3.27.